The summed E-state index contributed by atoms with van der Waals surface area (Å²) in [5.74, 6) is 1.44. The molecule has 1 aliphatic rings. The van der Waals surface area contributed by atoms with E-state index in [1.54, 1.807) is 11.3 Å². The van der Waals surface area contributed by atoms with Crippen LogP contribution in [0.25, 0.3) is 10.2 Å². The standard InChI is InChI=1S/C18H17N3O3S/c22-18(20-10-17-21-13-5-1-4-8-16(13)25-17)19-9-12-11-23-14-6-2-3-7-15(14)24-12/h1-8,12H,9-11H2,(H2,19,20,22)/t12-/m0/s1. The predicted molar refractivity (Wildman–Crippen MR) is 96.2 cm³/mol. The number of hydrogen-bond acceptors (Lipinski definition) is 5. The lowest BCUT2D eigenvalue weighted by Gasteiger charge is -2.26. The molecule has 6 nitrogen and oxygen atoms in total. The van der Waals surface area contributed by atoms with Gasteiger partial charge in [0.1, 0.15) is 11.6 Å². The fourth-order valence-corrected chi connectivity index (χ4v) is 3.49. The molecule has 1 aromatic heterocycles. The van der Waals surface area contributed by atoms with Gasteiger partial charge in [-0.3, -0.25) is 0 Å². The van der Waals surface area contributed by atoms with Gasteiger partial charge in [0, 0.05) is 0 Å². The first-order chi connectivity index (χ1) is 12.3. The Labute approximate surface area is 148 Å². The van der Waals surface area contributed by atoms with Crippen LogP contribution in [-0.4, -0.2) is 30.3 Å². The van der Waals surface area contributed by atoms with Gasteiger partial charge in [0.05, 0.1) is 23.3 Å². The highest BCUT2D eigenvalue weighted by Crippen LogP contribution is 2.30. The molecule has 4 rings (SSSR count). The first-order valence-corrected chi connectivity index (χ1v) is 8.84. The van der Waals surface area contributed by atoms with Crippen LogP contribution in [0, 0.1) is 0 Å². The van der Waals surface area contributed by atoms with Gasteiger partial charge in [0.2, 0.25) is 0 Å². The number of benzene rings is 2. The summed E-state index contributed by atoms with van der Waals surface area (Å²) in [6.45, 7) is 1.19. The Morgan fingerprint density at radius 3 is 2.80 bits per heavy atom. The maximum Gasteiger partial charge on any atom is 0.315 e. The number of hydrogen-bond donors (Lipinski definition) is 2. The van der Waals surface area contributed by atoms with Crippen LogP contribution in [0.2, 0.25) is 0 Å². The van der Waals surface area contributed by atoms with Crippen molar-refractivity contribution in [2.75, 3.05) is 13.2 Å². The Bertz CT molecular complexity index is 863. The molecule has 25 heavy (non-hydrogen) atoms. The van der Waals surface area contributed by atoms with E-state index >= 15 is 0 Å². The van der Waals surface area contributed by atoms with Crippen LogP contribution < -0.4 is 20.1 Å². The van der Waals surface area contributed by atoms with E-state index in [0.717, 1.165) is 21.0 Å². The minimum absolute atomic E-state index is 0.205. The number of nitrogens with one attached hydrogen (secondary N) is 2. The average Bonchev–Trinajstić information content (AvgIpc) is 3.07. The van der Waals surface area contributed by atoms with Crippen molar-refractivity contribution in [3.05, 3.63) is 53.5 Å². The summed E-state index contributed by atoms with van der Waals surface area (Å²) >= 11 is 1.58. The second kappa shape index (κ2) is 6.98. The molecule has 0 unspecified atom stereocenters. The van der Waals surface area contributed by atoms with Crippen LogP contribution in [0.1, 0.15) is 5.01 Å². The van der Waals surface area contributed by atoms with Gasteiger partial charge in [-0.1, -0.05) is 24.3 Å². The topological polar surface area (TPSA) is 72.5 Å². The number of amides is 2. The molecule has 2 heterocycles. The number of rotatable bonds is 4. The van der Waals surface area contributed by atoms with Gasteiger partial charge in [-0.05, 0) is 24.3 Å². The first-order valence-electron chi connectivity index (χ1n) is 8.02. The van der Waals surface area contributed by atoms with Crippen molar-refractivity contribution in [1.29, 1.82) is 0 Å². The Balaban J connectivity index is 1.25. The van der Waals surface area contributed by atoms with Crippen LogP contribution in [0.15, 0.2) is 48.5 Å². The number of nitrogens with zero attached hydrogens (tertiary/aromatic N) is 1. The summed E-state index contributed by atoms with van der Waals surface area (Å²) in [5, 5.41) is 6.51. The molecule has 2 aromatic carbocycles. The monoisotopic (exact) mass is 355 g/mol. The molecule has 0 aliphatic carbocycles. The third-order valence-electron chi connectivity index (χ3n) is 3.80. The van der Waals surface area contributed by atoms with Crippen molar-refractivity contribution in [3.8, 4) is 11.5 Å². The number of fused-ring (bicyclic) bond motifs is 2. The summed E-state index contributed by atoms with van der Waals surface area (Å²) < 4.78 is 12.6. The summed E-state index contributed by atoms with van der Waals surface area (Å²) in [6, 6.07) is 15.2. The van der Waals surface area contributed by atoms with E-state index in [9.17, 15) is 4.79 Å². The van der Waals surface area contributed by atoms with Crippen LogP contribution in [0.4, 0.5) is 4.79 Å². The summed E-state index contributed by atoms with van der Waals surface area (Å²) in [5.41, 5.74) is 0.955. The van der Waals surface area contributed by atoms with E-state index in [4.69, 9.17) is 9.47 Å². The Morgan fingerprint density at radius 2 is 1.92 bits per heavy atom. The number of aromatic nitrogens is 1. The SMILES string of the molecule is O=C(NCc1nc2ccccc2s1)NC[C@H]1COc2ccccc2O1. The predicted octanol–water partition coefficient (Wildman–Crippen LogP) is 2.94. The molecule has 1 atom stereocenters. The number of thiazole rings is 1. The zero-order valence-corrected chi connectivity index (χ0v) is 14.2. The van der Waals surface area contributed by atoms with Crippen molar-refractivity contribution >= 4 is 27.6 Å². The van der Waals surface area contributed by atoms with Crippen LogP contribution in [0.5, 0.6) is 11.5 Å². The van der Waals surface area contributed by atoms with Crippen molar-refractivity contribution in [2.24, 2.45) is 0 Å². The maximum absolute atomic E-state index is 12.0. The van der Waals surface area contributed by atoms with Gasteiger partial charge >= 0.3 is 6.03 Å². The van der Waals surface area contributed by atoms with Gasteiger partial charge in [-0.25, -0.2) is 9.78 Å². The molecule has 0 spiro atoms. The summed E-state index contributed by atoms with van der Waals surface area (Å²) in [4.78, 5) is 16.5. The fourth-order valence-electron chi connectivity index (χ4n) is 2.58. The molecule has 1 aliphatic heterocycles. The molecule has 2 amide bonds. The smallest absolute Gasteiger partial charge is 0.315 e. The Hall–Kier alpha value is -2.80. The lowest BCUT2D eigenvalue weighted by atomic mass is 10.2. The van der Waals surface area contributed by atoms with Crippen LogP contribution in [-0.2, 0) is 6.54 Å². The van der Waals surface area contributed by atoms with Crippen LogP contribution in [0.3, 0.4) is 0 Å². The molecule has 3 aromatic rings. The quantitative estimate of drug-likeness (QED) is 0.755. The molecule has 2 N–H and O–H groups in total. The van der Waals surface area contributed by atoms with Crippen molar-refractivity contribution < 1.29 is 14.3 Å². The third kappa shape index (κ3) is 3.66. The lowest BCUT2D eigenvalue weighted by molar-refractivity contribution is 0.0918. The molecule has 0 fully saturated rings. The van der Waals surface area contributed by atoms with Gasteiger partial charge in [-0.2, -0.15) is 0 Å². The Morgan fingerprint density at radius 1 is 1.12 bits per heavy atom. The van der Waals surface area contributed by atoms with E-state index in [1.807, 2.05) is 48.5 Å². The largest absolute Gasteiger partial charge is 0.486 e. The molecule has 0 radical (unpaired) electrons. The number of carbonyl (C=O) groups excluding carboxylic acids is 1. The normalized spacial score (nSPS) is 15.8. The molecule has 128 valence electrons. The zero-order valence-electron chi connectivity index (χ0n) is 13.4. The first kappa shape index (κ1) is 15.7. The van der Waals surface area contributed by atoms with Gasteiger partial charge < -0.3 is 20.1 Å². The number of ether oxygens (including phenoxy) is 2. The minimum atomic E-state index is -0.248. The molecule has 0 bridgehead atoms. The third-order valence-corrected chi connectivity index (χ3v) is 4.83. The molecule has 7 heteroatoms. The number of urea groups is 1. The Kier molecular flexibility index (Phi) is 4.39. The zero-order chi connectivity index (χ0) is 17.1. The second-order valence-electron chi connectivity index (χ2n) is 5.64. The average molecular weight is 355 g/mol. The highest BCUT2D eigenvalue weighted by atomic mass is 32.1. The molecule has 0 saturated carbocycles. The summed E-state index contributed by atoms with van der Waals surface area (Å²) in [6.07, 6.45) is -0.205. The van der Waals surface area contributed by atoms with E-state index in [2.05, 4.69) is 15.6 Å². The molecular weight excluding hydrogens is 338 g/mol. The fraction of sp³-hybridized carbons (Fsp3) is 0.222. The molecular formula is C18H17N3O3S. The number of para-hydroxylation sites is 3. The van der Waals surface area contributed by atoms with Gasteiger partial charge in [-0.15, -0.1) is 11.3 Å². The van der Waals surface area contributed by atoms with E-state index in [0.29, 0.717) is 25.4 Å². The van der Waals surface area contributed by atoms with Gasteiger partial charge in [0.25, 0.3) is 0 Å². The van der Waals surface area contributed by atoms with Gasteiger partial charge in [0.15, 0.2) is 17.6 Å². The van der Waals surface area contributed by atoms with E-state index < -0.39 is 0 Å². The van der Waals surface area contributed by atoms with E-state index in [-0.39, 0.29) is 12.1 Å². The van der Waals surface area contributed by atoms with Crippen molar-refractivity contribution in [1.82, 2.24) is 15.6 Å². The van der Waals surface area contributed by atoms with Crippen molar-refractivity contribution in [2.45, 2.75) is 12.6 Å². The minimum Gasteiger partial charge on any atom is -0.486 e. The second-order valence-corrected chi connectivity index (χ2v) is 6.75. The van der Waals surface area contributed by atoms with Crippen LogP contribution >= 0.6 is 11.3 Å². The highest BCUT2D eigenvalue weighted by Gasteiger charge is 2.20. The highest BCUT2D eigenvalue weighted by molar-refractivity contribution is 7.18. The van der Waals surface area contributed by atoms with E-state index in [1.165, 1.54) is 0 Å². The lowest BCUT2D eigenvalue weighted by Crippen LogP contribution is -2.44. The maximum atomic E-state index is 12.0. The van der Waals surface area contributed by atoms with Crippen molar-refractivity contribution in [3.63, 3.8) is 0 Å². The number of carbonyl (C=O) groups is 1. The summed E-state index contributed by atoms with van der Waals surface area (Å²) in [7, 11) is 0. The molecule has 0 saturated heterocycles.